The van der Waals surface area contributed by atoms with Crippen molar-refractivity contribution in [2.45, 2.75) is 59.5 Å². The van der Waals surface area contributed by atoms with Crippen molar-refractivity contribution >= 4 is 23.2 Å². The van der Waals surface area contributed by atoms with Crippen LogP contribution in [0.1, 0.15) is 61.2 Å². The molecule has 0 bridgehead atoms. The van der Waals surface area contributed by atoms with Gasteiger partial charge in [-0.25, -0.2) is 0 Å². The molecule has 0 aliphatic heterocycles. The van der Waals surface area contributed by atoms with Crippen LogP contribution in [0.3, 0.4) is 0 Å². The number of carbonyl (C=O) groups excluding carboxylic acids is 1. The zero-order chi connectivity index (χ0) is 25.9. The second-order valence-electron chi connectivity index (χ2n) is 9.32. The van der Waals surface area contributed by atoms with E-state index in [-0.39, 0.29) is 23.5 Å². The smallest absolute Gasteiger partial charge is 0.305 e. The Morgan fingerprint density at radius 2 is 1.86 bits per heavy atom. The fourth-order valence-electron chi connectivity index (χ4n) is 3.99. The minimum Gasteiger partial charge on any atom is -0.481 e. The first-order chi connectivity index (χ1) is 16.5. The number of nitrogens with one attached hydrogen (secondary N) is 2. The SMILES string of the molecule is Cc1ccn([C@H](CC(C)C)C(=O)N[C@@H](CC(=O)O)c2csc(-c3cc(C)c(=O)[nH]c3C)c2)c(=O)c1. The number of pyridine rings is 2. The normalized spacial score (nSPS) is 13.0. The van der Waals surface area contributed by atoms with Gasteiger partial charge in [0.05, 0.1) is 12.5 Å². The Labute approximate surface area is 207 Å². The van der Waals surface area contributed by atoms with Gasteiger partial charge in [-0.2, -0.15) is 0 Å². The number of thiophene rings is 1. The van der Waals surface area contributed by atoms with E-state index in [4.69, 9.17) is 0 Å². The van der Waals surface area contributed by atoms with Crippen LogP contribution in [0.2, 0.25) is 0 Å². The Balaban J connectivity index is 1.94. The summed E-state index contributed by atoms with van der Waals surface area (Å²) in [7, 11) is 0. The van der Waals surface area contributed by atoms with E-state index >= 15 is 0 Å². The van der Waals surface area contributed by atoms with Gasteiger partial charge in [0, 0.05) is 34.0 Å². The highest BCUT2D eigenvalue weighted by molar-refractivity contribution is 7.13. The van der Waals surface area contributed by atoms with Crippen molar-refractivity contribution in [1.82, 2.24) is 14.9 Å². The lowest BCUT2D eigenvalue weighted by atomic mass is 10.0. The van der Waals surface area contributed by atoms with Gasteiger partial charge in [0.1, 0.15) is 6.04 Å². The van der Waals surface area contributed by atoms with Crippen LogP contribution in [0.15, 0.2) is 45.4 Å². The van der Waals surface area contributed by atoms with Gasteiger partial charge in [-0.15, -0.1) is 11.3 Å². The van der Waals surface area contributed by atoms with Crippen molar-refractivity contribution in [2.75, 3.05) is 0 Å². The van der Waals surface area contributed by atoms with Crippen LogP contribution in [-0.2, 0) is 9.59 Å². The van der Waals surface area contributed by atoms with Crippen molar-refractivity contribution in [3.63, 3.8) is 0 Å². The zero-order valence-corrected chi connectivity index (χ0v) is 21.4. The average Bonchev–Trinajstić information content (AvgIpc) is 3.24. The summed E-state index contributed by atoms with van der Waals surface area (Å²) in [5.74, 6) is -1.32. The number of hydrogen-bond acceptors (Lipinski definition) is 5. The number of H-pyrrole nitrogens is 1. The van der Waals surface area contributed by atoms with Gasteiger partial charge in [0.25, 0.3) is 11.1 Å². The lowest BCUT2D eigenvalue weighted by Crippen LogP contribution is -2.40. The molecule has 0 aliphatic carbocycles. The lowest BCUT2D eigenvalue weighted by Gasteiger charge is -2.24. The van der Waals surface area contributed by atoms with Gasteiger partial charge in [0.15, 0.2) is 0 Å². The maximum Gasteiger partial charge on any atom is 0.305 e. The monoisotopic (exact) mass is 497 g/mol. The molecule has 0 aromatic carbocycles. The Hall–Kier alpha value is -3.46. The van der Waals surface area contributed by atoms with Crippen LogP contribution in [0.4, 0.5) is 0 Å². The van der Waals surface area contributed by atoms with Crippen LogP contribution < -0.4 is 16.4 Å². The third-order valence-corrected chi connectivity index (χ3v) is 6.83. The molecular formula is C26H31N3O5S. The minimum atomic E-state index is -1.05. The largest absolute Gasteiger partial charge is 0.481 e. The Bertz CT molecular complexity index is 1350. The van der Waals surface area contributed by atoms with E-state index in [9.17, 15) is 24.3 Å². The standard InChI is InChI=1S/C26H31N3O5S/c1-14(2)8-21(29-7-6-15(3)9-23(29)30)26(34)28-20(12-24(31)32)18-11-22(35-13-18)19-10-16(4)25(33)27-17(19)5/h6-7,9-11,13-14,20-21H,8,12H2,1-5H3,(H,27,33)(H,28,34)(H,31,32)/t20-,21+/m0/s1. The maximum absolute atomic E-state index is 13.4. The fraction of sp³-hybridized carbons (Fsp3) is 0.385. The molecule has 0 saturated carbocycles. The molecule has 9 heteroatoms. The zero-order valence-electron chi connectivity index (χ0n) is 20.5. The van der Waals surface area contributed by atoms with Gasteiger partial charge in [-0.05, 0) is 67.8 Å². The topological polar surface area (TPSA) is 121 Å². The number of nitrogens with zero attached hydrogens (tertiary/aromatic N) is 1. The van der Waals surface area contributed by atoms with E-state index in [1.165, 1.54) is 22.0 Å². The van der Waals surface area contributed by atoms with Crippen molar-refractivity contribution in [3.8, 4) is 10.4 Å². The number of aliphatic carboxylic acids is 1. The third-order valence-electron chi connectivity index (χ3n) is 5.84. The average molecular weight is 498 g/mol. The highest BCUT2D eigenvalue weighted by Gasteiger charge is 2.27. The second kappa shape index (κ2) is 10.9. The molecule has 35 heavy (non-hydrogen) atoms. The van der Waals surface area contributed by atoms with E-state index in [2.05, 4.69) is 10.3 Å². The van der Waals surface area contributed by atoms with E-state index in [0.29, 0.717) is 23.2 Å². The first-order valence-electron chi connectivity index (χ1n) is 11.5. The molecule has 0 radical (unpaired) electrons. The number of rotatable bonds is 9. The maximum atomic E-state index is 13.4. The molecular weight excluding hydrogens is 466 g/mol. The third kappa shape index (κ3) is 6.36. The van der Waals surface area contributed by atoms with E-state index in [1.807, 2.05) is 39.1 Å². The molecule has 0 fully saturated rings. The summed E-state index contributed by atoms with van der Waals surface area (Å²) in [6.45, 7) is 9.28. The van der Waals surface area contributed by atoms with E-state index in [1.54, 1.807) is 25.3 Å². The molecule has 0 unspecified atom stereocenters. The molecule has 0 aliphatic rings. The number of carboxylic acid groups (broad SMARTS) is 1. The number of aryl methyl sites for hydroxylation is 3. The van der Waals surface area contributed by atoms with Crippen molar-refractivity contribution in [1.29, 1.82) is 0 Å². The van der Waals surface area contributed by atoms with Crippen molar-refractivity contribution in [2.24, 2.45) is 5.92 Å². The van der Waals surface area contributed by atoms with Crippen LogP contribution in [-0.4, -0.2) is 26.5 Å². The molecule has 0 saturated heterocycles. The van der Waals surface area contributed by atoms with Crippen LogP contribution >= 0.6 is 11.3 Å². The highest BCUT2D eigenvalue weighted by atomic mass is 32.1. The van der Waals surface area contributed by atoms with Crippen molar-refractivity contribution < 1.29 is 14.7 Å². The molecule has 2 atom stereocenters. The molecule has 3 aromatic rings. The molecule has 3 rings (SSSR count). The molecule has 3 aromatic heterocycles. The fourth-order valence-corrected chi connectivity index (χ4v) is 5.03. The summed E-state index contributed by atoms with van der Waals surface area (Å²) >= 11 is 1.41. The number of aromatic nitrogens is 2. The Morgan fingerprint density at radius 3 is 2.49 bits per heavy atom. The summed E-state index contributed by atoms with van der Waals surface area (Å²) < 4.78 is 1.41. The van der Waals surface area contributed by atoms with Crippen LogP contribution in [0, 0.1) is 26.7 Å². The predicted molar refractivity (Wildman–Crippen MR) is 137 cm³/mol. The second-order valence-corrected chi connectivity index (χ2v) is 10.2. The number of carboxylic acids is 1. The summed E-state index contributed by atoms with van der Waals surface area (Å²) in [4.78, 5) is 53.2. The molecule has 0 spiro atoms. The van der Waals surface area contributed by atoms with Gasteiger partial charge in [0.2, 0.25) is 5.91 Å². The van der Waals surface area contributed by atoms with Crippen molar-refractivity contribution in [3.05, 3.63) is 78.9 Å². The molecule has 3 heterocycles. The summed E-state index contributed by atoms with van der Waals surface area (Å²) in [6.07, 6.45) is 1.74. The summed E-state index contributed by atoms with van der Waals surface area (Å²) in [5, 5.41) is 14.2. The van der Waals surface area contributed by atoms with Gasteiger partial charge in [-0.3, -0.25) is 19.2 Å². The summed E-state index contributed by atoms with van der Waals surface area (Å²) in [6, 6.07) is 5.36. The predicted octanol–water partition coefficient (Wildman–Crippen LogP) is 4.11. The van der Waals surface area contributed by atoms with Crippen LogP contribution in [0.5, 0.6) is 0 Å². The number of carbonyl (C=O) groups is 2. The van der Waals surface area contributed by atoms with Crippen LogP contribution in [0.25, 0.3) is 10.4 Å². The first kappa shape index (κ1) is 26.2. The summed E-state index contributed by atoms with van der Waals surface area (Å²) in [5.41, 5.74) is 3.17. The highest BCUT2D eigenvalue weighted by Crippen LogP contribution is 2.33. The molecule has 8 nitrogen and oxygen atoms in total. The minimum absolute atomic E-state index is 0.135. The van der Waals surface area contributed by atoms with Gasteiger partial charge in [-0.1, -0.05) is 13.8 Å². The molecule has 3 N–H and O–H groups in total. The first-order valence-corrected chi connectivity index (χ1v) is 12.3. The number of amides is 1. The lowest BCUT2D eigenvalue weighted by molar-refractivity contribution is -0.138. The molecule has 186 valence electrons. The quantitative estimate of drug-likeness (QED) is 0.411. The Morgan fingerprint density at radius 1 is 1.14 bits per heavy atom. The Kier molecular flexibility index (Phi) is 8.11. The molecule has 1 amide bonds. The number of aromatic amines is 1. The van der Waals surface area contributed by atoms with E-state index < -0.39 is 24.0 Å². The van der Waals surface area contributed by atoms with Gasteiger partial charge >= 0.3 is 5.97 Å². The van der Waals surface area contributed by atoms with E-state index in [0.717, 1.165) is 16.0 Å². The number of hydrogen-bond donors (Lipinski definition) is 3. The van der Waals surface area contributed by atoms with Gasteiger partial charge < -0.3 is 20.0 Å².